The van der Waals surface area contributed by atoms with Crippen molar-refractivity contribution in [1.82, 2.24) is 15.0 Å². The Kier molecular flexibility index (Phi) is 5.44. The summed E-state index contributed by atoms with van der Waals surface area (Å²) in [7, 11) is 0. The number of halogens is 5. The zero-order chi connectivity index (χ0) is 21.5. The fraction of sp³-hybridized carbons (Fsp3) is 0.105. The first-order valence-electron chi connectivity index (χ1n) is 8.51. The van der Waals surface area contributed by atoms with Gasteiger partial charge in [0.1, 0.15) is 11.3 Å². The van der Waals surface area contributed by atoms with Gasteiger partial charge in [-0.3, -0.25) is 0 Å². The van der Waals surface area contributed by atoms with Gasteiger partial charge in [-0.25, -0.2) is 15.0 Å². The molecule has 11 heteroatoms. The lowest BCUT2D eigenvalue weighted by atomic mass is 10.2. The van der Waals surface area contributed by atoms with Gasteiger partial charge >= 0.3 is 6.18 Å². The molecule has 2 N–H and O–H groups in total. The summed E-state index contributed by atoms with van der Waals surface area (Å²) in [5, 5.41) is 7.47. The minimum Gasteiger partial charge on any atom is -0.338 e. The van der Waals surface area contributed by atoms with Crippen molar-refractivity contribution in [2.75, 3.05) is 10.6 Å². The lowest BCUT2D eigenvalue weighted by molar-refractivity contribution is -0.137. The molecule has 4 aromatic rings. The number of fused-ring (bicyclic) bond motifs is 1. The molecule has 0 amide bonds. The third kappa shape index (κ3) is 4.28. The molecule has 5 nitrogen and oxygen atoms in total. The van der Waals surface area contributed by atoms with Crippen molar-refractivity contribution in [2.24, 2.45) is 0 Å². The minimum atomic E-state index is -4.40. The number of thiazole rings is 1. The average Bonchev–Trinajstić information content (AvgIpc) is 3.07. The Bertz CT molecular complexity index is 1210. The van der Waals surface area contributed by atoms with E-state index in [1.807, 2.05) is 0 Å². The van der Waals surface area contributed by atoms with E-state index in [-0.39, 0.29) is 0 Å². The Morgan fingerprint density at radius 1 is 0.900 bits per heavy atom. The Balaban J connectivity index is 1.67. The summed E-state index contributed by atoms with van der Waals surface area (Å²) < 4.78 is 38.3. The van der Waals surface area contributed by atoms with Crippen LogP contribution in [0.1, 0.15) is 11.4 Å². The van der Waals surface area contributed by atoms with E-state index in [0.717, 1.165) is 12.1 Å². The number of aromatic nitrogens is 3. The third-order valence-corrected chi connectivity index (χ3v) is 5.53. The van der Waals surface area contributed by atoms with E-state index >= 15 is 0 Å². The van der Waals surface area contributed by atoms with Crippen molar-refractivity contribution in [3.63, 3.8) is 0 Å². The van der Waals surface area contributed by atoms with Gasteiger partial charge in [0.05, 0.1) is 21.3 Å². The largest absolute Gasteiger partial charge is 0.416 e. The fourth-order valence-corrected chi connectivity index (χ4v) is 4.05. The van der Waals surface area contributed by atoms with E-state index in [4.69, 9.17) is 23.2 Å². The molecule has 0 radical (unpaired) electrons. The molecule has 154 valence electrons. The van der Waals surface area contributed by atoms with Crippen molar-refractivity contribution in [3.05, 3.63) is 63.9 Å². The molecule has 0 saturated heterocycles. The summed E-state index contributed by atoms with van der Waals surface area (Å²) >= 11 is 13.7. The molecule has 0 fully saturated rings. The number of nitrogens with zero attached hydrogens (tertiary/aromatic N) is 3. The molecule has 2 aromatic heterocycles. The number of benzene rings is 2. The summed E-state index contributed by atoms with van der Waals surface area (Å²) in [6.07, 6.45) is -4.40. The maximum Gasteiger partial charge on any atom is 0.416 e. The molecule has 0 unspecified atom stereocenters. The second-order valence-electron chi connectivity index (χ2n) is 6.21. The molecule has 2 aromatic carbocycles. The average molecular weight is 470 g/mol. The van der Waals surface area contributed by atoms with Gasteiger partial charge in [-0.15, -0.1) is 0 Å². The van der Waals surface area contributed by atoms with Crippen LogP contribution in [0.4, 0.5) is 35.5 Å². The van der Waals surface area contributed by atoms with Gasteiger partial charge in [-0.2, -0.15) is 13.2 Å². The maximum absolute atomic E-state index is 12.8. The second-order valence-corrected chi connectivity index (χ2v) is 8.01. The van der Waals surface area contributed by atoms with Gasteiger partial charge in [0.15, 0.2) is 15.8 Å². The molecule has 0 aliphatic carbocycles. The Morgan fingerprint density at radius 3 is 2.20 bits per heavy atom. The van der Waals surface area contributed by atoms with Gasteiger partial charge in [-0.1, -0.05) is 40.6 Å². The van der Waals surface area contributed by atoms with Crippen LogP contribution < -0.4 is 10.6 Å². The first-order chi connectivity index (χ1) is 14.2. The molecule has 0 aliphatic rings. The predicted octanol–water partition coefficient (Wildman–Crippen LogP) is 7.21. The first-order valence-corrected chi connectivity index (χ1v) is 10.1. The highest BCUT2D eigenvalue weighted by Crippen LogP contribution is 2.37. The van der Waals surface area contributed by atoms with Crippen LogP contribution in [0.2, 0.25) is 10.0 Å². The number of alkyl halides is 3. The van der Waals surface area contributed by atoms with Crippen molar-refractivity contribution in [3.8, 4) is 0 Å². The van der Waals surface area contributed by atoms with Crippen molar-refractivity contribution in [1.29, 1.82) is 0 Å². The fourth-order valence-electron chi connectivity index (χ4n) is 2.67. The van der Waals surface area contributed by atoms with Crippen LogP contribution in [0.25, 0.3) is 10.3 Å². The van der Waals surface area contributed by atoms with Crippen LogP contribution in [-0.2, 0) is 6.18 Å². The zero-order valence-corrected chi connectivity index (χ0v) is 17.5. The smallest absolute Gasteiger partial charge is 0.338 e. The molecular formula is C19H12Cl2F3N5S. The molecule has 30 heavy (non-hydrogen) atoms. The van der Waals surface area contributed by atoms with Gasteiger partial charge in [0, 0.05) is 5.69 Å². The normalized spacial score (nSPS) is 11.7. The first kappa shape index (κ1) is 20.6. The quantitative estimate of drug-likeness (QED) is 0.330. The zero-order valence-electron chi connectivity index (χ0n) is 15.2. The number of para-hydroxylation sites is 1. The summed E-state index contributed by atoms with van der Waals surface area (Å²) in [5.74, 6) is 0.870. The van der Waals surface area contributed by atoms with Crippen molar-refractivity contribution in [2.45, 2.75) is 13.1 Å². The molecule has 0 atom stereocenters. The van der Waals surface area contributed by atoms with Gasteiger partial charge in [-0.05, 0) is 43.3 Å². The molecular weight excluding hydrogens is 458 g/mol. The van der Waals surface area contributed by atoms with E-state index in [0.29, 0.717) is 48.5 Å². The maximum atomic E-state index is 12.8. The van der Waals surface area contributed by atoms with Gasteiger partial charge in [0.25, 0.3) is 0 Å². The summed E-state index contributed by atoms with van der Waals surface area (Å²) in [5.41, 5.74) is 0.700. The molecule has 4 rings (SSSR count). The highest BCUT2D eigenvalue weighted by atomic mass is 35.5. The van der Waals surface area contributed by atoms with Crippen LogP contribution in [0, 0.1) is 6.92 Å². The van der Waals surface area contributed by atoms with Gasteiger partial charge < -0.3 is 10.6 Å². The molecule has 0 bridgehead atoms. The van der Waals surface area contributed by atoms with E-state index in [9.17, 15) is 13.2 Å². The number of aryl methyl sites for hydroxylation is 1. The van der Waals surface area contributed by atoms with E-state index in [1.54, 1.807) is 25.1 Å². The topological polar surface area (TPSA) is 62.7 Å². The second kappa shape index (κ2) is 7.90. The minimum absolute atomic E-state index is 0.381. The number of rotatable bonds is 4. The lowest BCUT2D eigenvalue weighted by Crippen LogP contribution is -2.04. The number of anilines is 4. The standard InChI is InChI=1S/C19H12Cl2F3N5S/c1-9-25-16(27-11-7-5-10(6-8-11)19(22,23)24)15-17(26-9)30-18(29-15)28-14-12(20)3-2-4-13(14)21/h2-8H,1H3,(H,28,29)(H,25,26,27). The molecule has 0 spiro atoms. The monoisotopic (exact) mass is 469 g/mol. The Hall–Kier alpha value is -2.62. The van der Waals surface area contributed by atoms with Gasteiger partial charge in [0.2, 0.25) is 0 Å². The summed E-state index contributed by atoms with van der Waals surface area (Å²) in [6, 6.07) is 9.80. The number of hydrogen-bond acceptors (Lipinski definition) is 6. The van der Waals surface area contributed by atoms with Crippen LogP contribution in [0.15, 0.2) is 42.5 Å². The van der Waals surface area contributed by atoms with Crippen LogP contribution in [0.5, 0.6) is 0 Å². The number of nitrogens with one attached hydrogen (secondary N) is 2. The van der Waals surface area contributed by atoms with E-state index in [1.165, 1.54) is 23.5 Å². The highest BCUT2D eigenvalue weighted by molar-refractivity contribution is 7.21. The highest BCUT2D eigenvalue weighted by Gasteiger charge is 2.30. The predicted molar refractivity (Wildman–Crippen MR) is 114 cm³/mol. The Labute approximate surface area is 182 Å². The van der Waals surface area contributed by atoms with Crippen LogP contribution in [0.3, 0.4) is 0 Å². The third-order valence-electron chi connectivity index (χ3n) is 4.04. The van der Waals surface area contributed by atoms with Crippen molar-refractivity contribution >= 4 is 67.2 Å². The summed E-state index contributed by atoms with van der Waals surface area (Å²) in [4.78, 5) is 13.8. The van der Waals surface area contributed by atoms with Crippen LogP contribution in [-0.4, -0.2) is 15.0 Å². The SMILES string of the molecule is Cc1nc(Nc2ccc(C(F)(F)F)cc2)c2nc(Nc3c(Cl)cccc3Cl)sc2n1. The molecule has 0 saturated carbocycles. The molecule has 2 heterocycles. The summed E-state index contributed by atoms with van der Waals surface area (Å²) in [6.45, 7) is 1.72. The van der Waals surface area contributed by atoms with E-state index < -0.39 is 11.7 Å². The van der Waals surface area contributed by atoms with E-state index in [2.05, 4.69) is 25.6 Å². The number of hydrogen-bond donors (Lipinski definition) is 2. The lowest BCUT2D eigenvalue weighted by Gasteiger charge is -2.09. The molecule has 0 aliphatic heterocycles. The van der Waals surface area contributed by atoms with Crippen molar-refractivity contribution < 1.29 is 13.2 Å². The Morgan fingerprint density at radius 2 is 1.57 bits per heavy atom. The van der Waals surface area contributed by atoms with Crippen LogP contribution >= 0.6 is 34.5 Å².